The maximum atomic E-state index is 13.0. The van der Waals surface area contributed by atoms with Gasteiger partial charge in [-0.05, 0) is 50.2 Å². The van der Waals surface area contributed by atoms with E-state index in [1.54, 1.807) is 0 Å². The molecule has 2 aromatic carbocycles. The lowest BCUT2D eigenvalue weighted by atomic mass is 10.1. The summed E-state index contributed by atoms with van der Waals surface area (Å²) in [5, 5.41) is 11.1. The number of carbonyl (C=O) groups is 1. The number of benzene rings is 2. The zero-order valence-corrected chi connectivity index (χ0v) is 18.3. The fourth-order valence-electron chi connectivity index (χ4n) is 3.65. The summed E-state index contributed by atoms with van der Waals surface area (Å²) in [7, 11) is 0. The van der Waals surface area contributed by atoms with Gasteiger partial charge in [0, 0.05) is 39.2 Å². The minimum atomic E-state index is -0.544. The third-order valence-corrected chi connectivity index (χ3v) is 5.68. The van der Waals surface area contributed by atoms with Crippen LogP contribution < -0.4 is 5.56 Å². The van der Waals surface area contributed by atoms with E-state index in [-0.39, 0.29) is 28.9 Å². The first-order valence-corrected chi connectivity index (χ1v) is 10.2. The number of hydrogen-bond donors (Lipinski definition) is 0. The first-order chi connectivity index (χ1) is 14.8. The van der Waals surface area contributed by atoms with Crippen molar-refractivity contribution in [3.05, 3.63) is 96.8 Å². The number of carbonyl (C=O) groups excluding carboxylic acids is 1. The average Bonchev–Trinajstić information content (AvgIpc) is 3.04. The molecular weight excluding hydrogens is 464 g/mol. The second-order valence-corrected chi connectivity index (χ2v) is 8.07. The summed E-state index contributed by atoms with van der Waals surface area (Å²) >= 11 is 3.42. The Morgan fingerprint density at radius 2 is 1.84 bits per heavy atom. The fourth-order valence-corrected chi connectivity index (χ4v) is 3.91. The lowest BCUT2D eigenvalue weighted by Gasteiger charge is -2.10. The Morgan fingerprint density at radius 1 is 1.13 bits per heavy atom. The second-order valence-electron chi connectivity index (χ2n) is 7.16. The molecule has 31 heavy (non-hydrogen) atoms. The Kier molecular flexibility index (Phi) is 5.28. The lowest BCUT2D eigenvalue weighted by molar-refractivity contribution is -0.384. The van der Waals surface area contributed by atoms with Crippen molar-refractivity contribution in [2.24, 2.45) is 0 Å². The molecule has 0 atom stereocenters. The maximum Gasteiger partial charge on any atom is 0.271 e. The number of nitrogens with zero attached hydrogens (tertiary/aromatic N) is 4. The predicted molar refractivity (Wildman–Crippen MR) is 120 cm³/mol. The number of non-ortho nitro benzene ring substituents is 1. The van der Waals surface area contributed by atoms with E-state index in [0.29, 0.717) is 5.56 Å². The van der Waals surface area contributed by atoms with Gasteiger partial charge in [-0.15, -0.1) is 0 Å². The molecule has 0 radical (unpaired) electrons. The van der Waals surface area contributed by atoms with Gasteiger partial charge in [0.15, 0.2) is 5.78 Å². The molecule has 0 saturated heterocycles. The van der Waals surface area contributed by atoms with Gasteiger partial charge in [0.25, 0.3) is 11.2 Å². The highest BCUT2D eigenvalue weighted by Gasteiger charge is 2.18. The number of fused-ring (bicyclic) bond motifs is 1. The van der Waals surface area contributed by atoms with E-state index in [9.17, 15) is 19.7 Å². The van der Waals surface area contributed by atoms with E-state index in [0.717, 1.165) is 21.5 Å². The molecule has 0 bridgehead atoms. The Bertz CT molecular complexity index is 1400. The van der Waals surface area contributed by atoms with Crippen molar-refractivity contribution in [1.29, 1.82) is 0 Å². The summed E-state index contributed by atoms with van der Waals surface area (Å²) in [5.41, 5.74) is 2.79. The van der Waals surface area contributed by atoms with Crippen molar-refractivity contribution in [2.45, 2.75) is 20.4 Å². The van der Waals surface area contributed by atoms with Crippen LogP contribution in [0.4, 0.5) is 5.69 Å². The standard InChI is InChI=1S/C22H17BrN4O4/c1-13-9-19(14(2)26(13)16-5-3-15(23)4-6-16)21(28)11-25-12-24-20-10-17(27(30)31)7-8-18(20)22(25)29/h3-10,12H,11H2,1-2H3. The van der Waals surface area contributed by atoms with Crippen molar-refractivity contribution in [2.75, 3.05) is 0 Å². The molecule has 2 aromatic heterocycles. The van der Waals surface area contributed by atoms with Crippen LogP contribution in [-0.4, -0.2) is 24.8 Å². The number of aryl methyl sites for hydroxylation is 1. The number of ketones is 1. The third-order valence-electron chi connectivity index (χ3n) is 5.15. The van der Waals surface area contributed by atoms with Crippen molar-refractivity contribution in [1.82, 2.24) is 14.1 Å². The molecule has 0 aliphatic carbocycles. The molecule has 8 nitrogen and oxygen atoms in total. The number of rotatable bonds is 5. The molecule has 0 saturated carbocycles. The predicted octanol–water partition coefficient (Wildman–Crippen LogP) is 4.36. The highest BCUT2D eigenvalue weighted by molar-refractivity contribution is 9.10. The highest BCUT2D eigenvalue weighted by atomic mass is 79.9. The maximum absolute atomic E-state index is 13.0. The number of hydrogen-bond acceptors (Lipinski definition) is 5. The number of halogens is 1. The summed E-state index contributed by atoms with van der Waals surface area (Å²) in [6, 6.07) is 13.4. The minimum absolute atomic E-state index is 0.145. The van der Waals surface area contributed by atoms with Crippen LogP contribution in [0, 0.1) is 24.0 Å². The van der Waals surface area contributed by atoms with E-state index in [2.05, 4.69) is 20.9 Å². The molecule has 9 heteroatoms. The van der Waals surface area contributed by atoms with Crippen LogP contribution >= 0.6 is 15.9 Å². The summed E-state index contributed by atoms with van der Waals surface area (Å²) in [5.74, 6) is -0.221. The number of aromatic nitrogens is 3. The fraction of sp³-hybridized carbons (Fsp3) is 0.136. The first-order valence-electron chi connectivity index (χ1n) is 9.38. The Morgan fingerprint density at radius 3 is 2.52 bits per heavy atom. The van der Waals surface area contributed by atoms with Crippen LogP contribution in [-0.2, 0) is 6.54 Å². The smallest absolute Gasteiger partial charge is 0.271 e. The van der Waals surface area contributed by atoms with Gasteiger partial charge in [0.2, 0.25) is 0 Å². The molecular formula is C22H17BrN4O4. The van der Waals surface area contributed by atoms with Gasteiger partial charge < -0.3 is 4.57 Å². The molecule has 0 amide bonds. The summed E-state index contributed by atoms with van der Waals surface area (Å²) in [6.07, 6.45) is 1.25. The van der Waals surface area contributed by atoms with E-state index in [1.165, 1.54) is 29.1 Å². The molecule has 0 fully saturated rings. The van der Waals surface area contributed by atoms with E-state index >= 15 is 0 Å². The van der Waals surface area contributed by atoms with Crippen LogP contribution in [0.2, 0.25) is 0 Å². The van der Waals surface area contributed by atoms with Crippen molar-refractivity contribution in [3.8, 4) is 5.69 Å². The van der Waals surface area contributed by atoms with Gasteiger partial charge >= 0.3 is 0 Å². The molecule has 4 aromatic rings. The average molecular weight is 481 g/mol. The van der Waals surface area contributed by atoms with Crippen molar-refractivity contribution in [3.63, 3.8) is 0 Å². The van der Waals surface area contributed by atoms with Crippen LogP contribution in [0.5, 0.6) is 0 Å². The molecule has 0 spiro atoms. The molecule has 0 aliphatic heterocycles. The van der Waals surface area contributed by atoms with Gasteiger partial charge in [0.1, 0.15) is 0 Å². The third kappa shape index (κ3) is 3.79. The molecule has 156 valence electrons. The second kappa shape index (κ2) is 7.92. The highest BCUT2D eigenvalue weighted by Crippen LogP contribution is 2.23. The van der Waals surface area contributed by atoms with E-state index in [1.807, 2.05) is 48.7 Å². The zero-order chi connectivity index (χ0) is 22.3. The van der Waals surface area contributed by atoms with Gasteiger partial charge in [-0.1, -0.05) is 15.9 Å². The van der Waals surface area contributed by atoms with Gasteiger partial charge in [0.05, 0.1) is 28.7 Å². The van der Waals surface area contributed by atoms with Gasteiger partial charge in [-0.2, -0.15) is 0 Å². The van der Waals surface area contributed by atoms with Crippen LogP contribution in [0.15, 0.2) is 64.1 Å². The normalized spacial score (nSPS) is 11.1. The number of nitro benzene ring substituents is 1. The molecule has 0 aliphatic rings. The summed E-state index contributed by atoms with van der Waals surface area (Å²) in [4.78, 5) is 40.3. The number of Topliss-reactive ketones (excluding diaryl/α,β-unsaturated/α-hetero) is 1. The first kappa shape index (κ1) is 20.7. The monoisotopic (exact) mass is 480 g/mol. The molecule has 4 rings (SSSR count). The lowest BCUT2D eigenvalue weighted by Crippen LogP contribution is -2.25. The molecule has 2 heterocycles. The summed E-state index contributed by atoms with van der Waals surface area (Å²) in [6.45, 7) is 3.61. The largest absolute Gasteiger partial charge is 0.318 e. The van der Waals surface area contributed by atoms with Crippen LogP contribution in [0.1, 0.15) is 21.7 Å². The zero-order valence-electron chi connectivity index (χ0n) is 16.7. The Hall–Kier alpha value is -3.59. The van der Waals surface area contributed by atoms with Crippen LogP contribution in [0.3, 0.4) is 0 Å². The Balaban J connectivity index is 1.68. The van der Waals surface area contributed by atoms with Crippen LogP contribution in [0.25, 0.3) is 16.6 Å². The minimum Gasteiger partial charge on any atom is -0.318 e. The Labute approximate surface area is 185 Å². The van der Waals surface area contributed by atoms with E-state index in [4.69, 9.17) is 0 Å². The quantitative estimate of drug-likeness (QED) is 0.240. The van der Waals surface area contributed by atoms with Crippen molar-refractivity contribution >= 4 is 38.3 Å². The summed E-state index contributed by atoms with van der Waals surface area (Å²) < 4.78 is 4.17. The van der Waals surface area contributed by atoms with E-state index < -0.39 is 10.5 Å². The molecule has 0 unspecified atom stereocenters. The van der Waals surface area contributed by atoms with Crippen molar-refractivity contribution < 1.29 is 9.72 Å². The topological polar surface area (TPSA) is 100 Å². The van der Waals surface area contributed by atoms with Gasteiger partial charge in [-0.25, -0.2) is 4.98 Å². The molecule has 0 N–H and O–H groups in total. The SMILES string of the molecule is Cc1cc(C(=O)Cn2cnc3cc([N+](=O)[O-])ccc3c2=O)c(C)n1-c1ccc(Br)cc1. The number of nitro groups is 1. The van der Waals surface area contributed by atoms with Gasteiger partial charge in [-0.3, -0.25) is 24.3 Å².